The highest BCUT2D eigenvalue weighted by molar-refractivity contribution is 7.73. The molecule has 0 spiro atoms. The van der Waals surface area contributed by atoms with E-state index < -0.39 is 0 Å². The molecule has 1 aromatic carbocycles. The van der Waals surface area contributed by atoms with Crippen LogP contribution in [0.15, 0.2) is 29.5 Å². The number of nitrogens with zero attached hydrogens (tertiary/aromatic N) is 3. The second-order valence-electron chi connectivity index (χ2n) is 3.44. The molecule has 0 saturated carbocycles. The number of hydrogen-bond acceptors (Lipinski definition) is 6. The largest absolute Gasteiger partial charge is 0.345 e. The molecule has 2 rings (SSSR count). The van der Waals surface area contributed by atoms with Crippen molar-refractivity contribution in [3.8, 4) is 18.2 Å². The summed E-state index contributed by atoms with van der Waals surface area (Å²) in [5, 5.41) is 29.2. The van der Waals surface area contributed by atoms with Crippen LogP contribution in [-0.4, -0.2) is 4.98 Å². The summed E-state index contributed by atoms with van der Waals surface area (Å²) in [6, 6.07) is 10.5. The van der Waals surface area contributed by atoms with Crippen LogP contribution in [0.5, 0.6) is 0 Å². The minimum atomic E-state index is -0.246. The fraction of sp³-hybridized carbons (Fsp3) is 0. The summed E-state index contributed by atoms with van der Waals surface area (Å²) in [5.74, 6) is 0. The number of aromatic nitrogens is 1. The Balaban J connectivity index is 2.45. The Morgan fingerprint density at radius 1 is 1.21 bits per heavy atom. The molecule has 2 aromatic rings. The van der Waals surface area contributed by atoms with Gasteiger partial charge in [0.1, 0.15) is 23.9 Å². The van der Waals surface area contributed by atoms with E-state index in [0.29, 0.717) is 9.64 Å². The van der Waals surface area contributed by atoms with Gasteiger partial charge in [0.25, 0.3) is 0 Å². The van der Waals surface area contributed by atoms with Gasteiger partial charge in [0, 0.05) is 5.69 Å². The highest BCUT2D eigenvalue weighted by Crippen LogP contribution is 2.24. The van der Waals surface area contributed by atoms with Gasteiger partial charge in [-0.3, -0.25) is 0 Å². The Kier molecular flexibility index (Phi) is 3.58. The molecule has 0 radical (unpaired) electrons. The molecule has 0 aliphatic carbocycles. The van der Waals surface area contributed by atoms with Crippen molar-refractivity contribution in [1.29, 1.82) is 15.8 Å². The maximum absolute atomic E-state index is 8.94. The first-order chi connectivity index (χ1) is 9.17. The van der Waals surface area contributed by atoms with E-state index in [1.165, 1.54) is 11.3 Å². The number of allylic oxidation sites excluding steroid dienone is 2. The van der Waals surface area contributed by atoms with Gasteiger partial charge in [-0.15, -0.1) is 11.3 Å². The van der Waals surface area contributed by atoms with Gasteiger partial charge in [-0.2, -0.15) is 15.8 Å². The molecule has 90 valence electrons. The monoisotopic (exact) mass is 283 g/mol. The predicted molar refractivity (Wildman–Crippen MR) is 74.5 cm³/mol. The summed E-state index contributed by atoms with van der Waals surface area (Å²) < 4.78 is 1.60. The van der Waals surface area contributed by atoms with E-state index in [1.807, 2.05) is 6.07 Å². The van der Waals surface area contributed by atoms with E-state index in [1.54, 1.807) is 30.3 Å². The average molecular weight is 283 g/mol. The number of anilines is 1. The summed E-state index contributed by atoms with van der Waals surface area (Å²) in [4.78, 5) is 3.02. The van der Waals surface area contributed by atoms with Crippen LogP contribution in [0.25, 0.3) is 10.2 Å². The molecule has 0 aliphatic heterocycles. The molecule has 0 atom stereocenters. The number of fused-ring (bicyclic) bond motifs is 1. The lowest BCUT2D eigenvalue weighted by molar-refractivity contribution is 1.37. The predicted octanol–water partition coefficient (Wildman–Crippen LogP) is 3.20. The van der Waals surface area contributed by atoms with Gasteiger partial charge >= 0.3 is 0 Å². The van der Waals surface area contributed by atoms with Crippen molar-refractivity contribution in [2.75, 3.05) is 5.32 Å². The molecule has 0 aliphatic rings. The molecular weight excluding hydrogens is 278 g/mol. The molecular formula is C12H5N5S2. The van der Waals surface area contributed by atoms with Crippen LogP contribution < -0.4 is 5.32 Å². The van der Waals surface area contributed by atoms with Crippen molar-refractivity contribution in [3.05, 3.63) is 33.4 Å². The maximum Gasteiger partial charge on any atom is 0.163 e. The third kappa shape index (κ3) is 2.61. The molecule has 5 nitrogen and oxygen atoms in total. The topological polar surface area (TPSA) is 99.2 Å². The van der Waals surface area contributed by atoms with Crippen LogP contribution in [0.3, 0.4) is 0 Å². The summed E-state index contributed by atoms with van der Waals surface area (Å²) in [6.45, 7) is 0. The molecule has 19 heavy (non-hydrogen) atoms. The first-order valence-electron chi connectivity index (χ1n) is 5.02. The summed E-state index contributed by atoms with van der Waals surface area (Å²) in [7, 11) is 0. The SMILES string of the molecule is N#CC(C#N)=C(C#N)Nc1ccc2[nH]c(=S)sc2c1. The van der Waals surface area contributed by atoms with Crippen LogP contribution >= 0.6 is 23.6 Å². The Bertz CT molecular complexity index is 835. The number of benzene rings is 1. The molecule has 0 saturated heterocycles. The highest BCUT2D eigenvalue weighted by atomic mass is 32.1. The minimum Gasteiger partial charge on any atom is -0.345 e. The zero-order chi connectivity index (χ0) is 13.8. The summed E-state index contributed by atoms with van der Waals surface area (Å²) in [6.07, 6.45) is 0. The quantitative estimate of drug-likeness (QED) is 0.651. The van der Waals surface area contributed by atoms with E-state index in [4.69, 9.17) is 28.0 Å². The number of H-pyrrole nitrogens is 1. The van der Waals surface area contributed by atoms with Gasteiger partial charge in [-0.25, -0.2) is 0 Å². The molecule has 0 fully saturated rings. The fourth-order valence-electron chi connectivity index (χ4n) is 1.45. The van der Waals surface area contributed by atoms with Gasteiger partial charge in [-0.05, 0) is 30.4 Å². The maximum atomic E-state index is 8.94. The molecule has 0 bridgehead atoms. The summed E-state index contributed by atoms with van der Waals surface area (Å²) in [5.41, 5.74) is 1.22. The minimum absolute atomic E-state index is 0.0662. The molecule has 0 unspecified atom stereocenters. The smallest absolute Gasteiger partial charge is 0.163 e. The Labute approximate surface area is 117 Å². The lowest BCUT2D eigenvalue weighted by Gasteiger charge is -2.04. The van der Waals surface area contributed by atoms with Crippen LogP contribution in [0.1, 0.15) is 0 Å². The van der Waals surface area contributed by atoms with Crippen LogP contribution in [0, 0.1) is 37.9 Å². The highest BCUT2D eigenvalue weighted by Gasteiger charge is 2.07. The lowest BCUT2D eigenvalue weighted by atomic mass is 10.2. The number of nitrogens with one attached hydrogen (secondary N) is 2. The van der Waals surface area contributed by atoms with Crippen molar-refractivity contribution in [1.82, 2.24) is 4.98 Å². The van der Waals surface area contributed by atoms with Gasteiger partial charge in [0.05, 0.1) is 10.2 Å². The van der Waals surface area contributed by atoms with Crippen LogP contribution in [0.2, 0.25) is 0 Å². The van der Waals surface area contributed by atoms with Crippen molar-refractivity contribution in [3.63, 3.8) is 0 Å². The number of thiazole rings is 1. The first kappa shape index (κ1) is 12.8. The fourth-order valence-corrected chi connectivity index (χ4v) is 2.61. The van der Waals surface area contributed by atoms with Crippen LogP contribution in [-0.2, 0) is 0 Å². The van der Waals surface area contributed by atoms with Gasteiger partial charge in [0.2, 0.25) is 0 Å². The number of aromatic amines is 1. The first-order valence-corrected chi connectivity index (χ1v) is 6.25. The van der Waals surface area contributed by atoms with Gasteiger partial charge < -0.3 is 10.3 Å². The van der Waals surface area contributed by atoms with Crippen LogP contribution in [0.4, 0.5) is 5.69 Å². The number of rotatable bonds is 2. The second kappa shape index (κ2) is 5.32. The molecule has 1 aromatic heterocycles. The molecule has 2 N–H and O–H groups in total. The van der Waals surface area contributed by atoms with Gasteiger partial charge in [0.15, 0.2) is 9.53 Å². The zero-order valence-electron chi connectivity index (χ0n) is 9.39. The normalized spacial score (nSPS) is 9.11. The van der Waals surface area contributed by atoms with E-state index in [-0.39, 0.29) is 11.3 Å². The Morgan fingerprint density at radius 2 is 1.95 bits per heavy atom. The molecule has 7 heteroatoms. The third-order valence-corrected chi connectivity index (χ3v) is 3.47. The van der Waals surface area contributed by atoms with Crippen molar-refractivity contribution in [2.24, 2.45) is 0 Å². The van der Waals surface area contributed by atoms with E-state index in [2.05, 4.69) is 10.3 Å². The standard InChI is InChI=1S/C12H5N5S2/c13-4-7(5-14)10(6-15)16-8-1-2-9-11(3-8)19-12(18)17-9/h1-3,16H,(H,17,18). The van der Waals surface area contributed by atoms with E-state index >= 15 is 0 Å². The average Bonchev–Trinajstić information content (AvgIpc) is 2.78. The van der Waals surface area contributed by atoms with Gasteiger partial charge in [-0.1, -0.05) is 0 Å². The van der Waals surface area contributed by atoms with E-state index in [9.17, 15) is 0 Å². The van der Waals surface area contributed by atoms with Crippen molar-refractivity contribution < 1.29 is 0 Å². The Hall–Kier alpha value is -2.66. The summed E-state index contributed by atoms with van der Waals surface area (Å²) >= 11 is 6.45. The lowest BCUT2D eigenvalue weighted by Crippen LogP contribution is -2.00. The number of hydrogen-bond donors (Lipinski definition) is 2. The third-order valence-electron chi connectivity index (χ3n) is 2.28. The molecule has 1 heterocycles. The van der Waals surface area contributed by atoms with Crippen molar-refractivity contribution in [2.45, 2.75) is 0 Å². The number of nitriles is 3. The second-order valence-corrected chi connectivity index (χ2v) is 5.15. The van der Waals surface area contributed by atoms with Crippen molar-refractivity contribution >= 4 is 39.5 Å². The Morgan fingerprint density at radius 3 is 2.58 bits per heavy atom. The molecule has 0 amide bonds. The van der Waals surface area contributed by atoms with E-state index in [0.717, 1.165) is 10.2 Å². The zero-order valence-corrected chi connectivity index (χ0v) is 11.0.